The van der Waals surface area contributed by atoms with Crippen LogP contribution in [0.2, 0.25) is 0 Å². The molecule has 0 saturated carbocycles. The van der Waals surface area contributed by atoms with Crippen LogP contribution >= 0.6 is 0 Å². The number of hydrogen-bond donors (Lipinski definition) is 0. The van der Waals surface area contributed by atoms with Gasteiger partial charge in [0.2, 0.25) is 10.0 Å². The van der Waals surface area contributed by atoms with Gasteiger partial charge in [-0.15, -0.1) is 0 Å². The Morgan fingerprint density at radius 1 is 1.38 bits per heavy atom. The summed E-state index contributed by atoms with van der Waals surface area (Å²) in [6.45, 7) is 6.15. The minimum absolute atomic E-state index is 0.0290. The van der Waals surface area contributed by atoms with Crippen molar-refractivity contribution in [2.24, 2.45) is 5.92 Å². The van der Waals surface area contributed by atoms with E-state index in [4.69, 9.17) is 4.74 Å². The van der Waals surface area contributed by atoms with Gasteiger partial charge in [0.15, 0.2) is 0 Å². The normalized spacial score (nSPS) is 19.7. The SMILES string of the molecule is CCOC[C@H](C)CS(=O)(=O)N1CCC(n2ccnc2)CC1. The quantitative estimate of drug-likeness (QED) is 0.765. The summed E-state index contributed by atoms with van der Waals surface area (Å²) in [5, 5.41) is 0. The molecule has 0 unspecified atom stereocenters. The number of imidazole rings is 1. The number of ether oxygens (including phenoxy) is 1. The average molecular weight is 315 g/mol. The van der Waals surface area contributed by atoms with Gasteiger partial charge in [-0.3, -0.25) is 0 Å². The second-order valence-corrected chi connectivity index (χ2v) is 7.70. The van der Waals surface area contributed by atoms with Crippen LogP contribution < -0.4 is 0 Å². The summed E-state index contributed by atoms with van der Waals surface area (Å²) in [6, 6.07) is 0.361. The van der Waals surface area contributed by atoms with Crippen molar-refractivity contribution in [3.8, 4) is 0 Å². The van der Waals surface area contributed by atoms with Crippen LogP contribution in [0.25, 0.3) is 0 Å². The summed E-state index contributed by atoms with van der Waals surface area (Å²) in [4.78, 5) is 4.05. The fourth-order valence-electron chi connectivity index (χ4n) is 2.74. The Morgan fingerprint density at radius 2 is 2.10 bits per heavy atom. The molecule has 0 N–H and O–H groups in total. The number of sulfonamides is 1. The lowest BCUT2D eigenvalue weighted by Gasteiger charge is -2.32. The van der Waals surface area contributed by atoms with E-state index in [1.807, 2.05) is 20.0 Å². The highest BCUT2D eigenvalue weighted by Gasteiger charge is 2.29. The van der Waals surface area contributed by atoms with E-state index in [2.05, 4.69) is 9.55 Å². The van der Waals surface area contributed by atoms with E-state index in [1.54, 1.807) is 16.8 Å². The van der Waals surface area contributed by atoms with Gasteiger partial charge in [-0.2, -0.15) is 0 Å². The zero-order valence-corrected chi connectivity index (χ0v) is 13.6. The van der Waals surface area contributed by atoms with E-state index in [9.17, 15) is 8.42 Å². The summed E-state index contributed by atoms with van der Waals surface area (Å²) < 4.78 is 33.8. The first-order chi connectivity index (χ1) is 10.0. The van der Waals surface area contributed by atoms with Crippen LogP contribution in [-0.4, -0.2) is 54.3 Å². The number of aromatic nitrogens is 2. The van der Waals surface area contributed by atoms with Crippen molar-refractivity contribution in [3.05, 3.63) is 18.7 Å². The Balaban J connectivity index is 1.85. The molecule has 1 aromatic rings. The summed E-state index contributed by atoms with van der Waals surface area (Å²) in [5.41, 5.74) is 0. The largest absolute Gasteiger partial charge is 0.381 e. The molecule has 1 fully saturated rings. The van der Waals surface area contributed by atoms with Crippen molar-refractivity contribution in [2.45, 2.75) is 32.7 Å². The van der Waals surface area contributed by atoms with Crippen molar-refractivity contribution in [1.82, 2.24) is 13.9 Å². The lowest BCUT2D eigenvalue weighted by atomic mass is 10.1. The summed E-state index contributed by atoms with van der Waals surface area (Å²) in [7, 11) is -3.18. The maximum absolute atomic E-state index is 12.4. The van der Waals surface area contributed by atoms with Gasteiger partial charge in [-0.05, 0) is 25.7 Å². The van der Waals surface area contributed by atoms with E-state index in [-0.39, 0.29) is 11.7 Å². The zero-order chi connectivity index (χ0) is 15.3. The van der Waals surface area contributed by atoms with Crippen LogP contribution in [0.3, 0.4) is 0 Å². The van der Waals surface area contributed by atoms with Gasteiger partial charge in [0, 0.05) is 38.1 Å². The fraction of sp³-hybridized carbons (Fsp3) is 0.786. The molecule has 2 heterocycles. The topological polar surface area (TPSA) is 64.4 Å². The number of rotatable bonds is 7. The van der Waals surface area contributed by atoms with Crippen LogP contribution in [0.1, 0.15) is 32.7 Å². The lowest BCUT2D eigenvalue weighted by molar-refractivity contribution is 0.122. The predicted molar refractivity (Wildman–Crippen MR) is 81.5 cm³/mol. The van der Waals surface area contributed by atoms with Gasteiger partial charge in [-0.1, -0.05) is 6.92 Å². The fourth-order valence-corrected chi connectivity index (χ4v) is 4.53. The minimum atomic E-state index is -3.18. The molecule has 1 aromatic heterocycles. The molecule has 21 heavy (non-hydrogen) atoms. The molecule has 7 heteroatoms. The van der Waals surface area contributed by atoms with Gasteiger partial charge >= 0.3 is 0 Å². The summed E-state index contributed by atoms with van der Waals surface area (Å²) in [5.74, 6) is 0.198. The first-order valence-electron chi connectivity index (χ1n) is 7.56. The van der Waals surface area contributed by atoms with Crippen molar-refractivity contribution < 1.29 is 13.2 Å². The standard InChI is InChI=1S/C14H25N3O3S/c1-3-20-10-13(2)11-21(18,19)17-7-4-14(5-8-17)16-9-6-15-12-16/h6,9,12-14H,3-5,7-8,10-11H2,1-2H3/t13-/m0/s1. The molecular weight excluding hydrogens is 290 g/mol. The van der Waals surface area contributed by atoms with Crippen LogP contribution in [0.4, 0.5) is 0 Å². The first kappa shape index (κ1) is 16.5. The molecule has 0 aromatic carbocycles. The van der Waals surface area contributed by atoms with Crippen LogP contribution in [0.15, 0.2) is 18.7 Å². The van der Waals surface area contributed by atoms with E-state index in [1.165, 1.54) is 0 Å². The minimum Gasteiger partial charge on any atom is -0.381 e. The van der Waals surface area contributed by atoms with E-state index >= 15 is 0 Å². The monoisotopic (exact) mass is 315 g/mol. The Kier molecular flexibility index (Phi) is 5.78. The van der Waals surface area contributed by atoms with Gasteiger partial charge in [0.1, 0.15) is 0 Å². The molecule has 1 atom stereocenters. The van der Waals surface area contributed by atoms with Crippen LogP contribution in [-0.2, 0) is 14.8 Å². The van der Waals surface area contributed by atoms with Crippen LogP contribution in [0, 0.1) is 5.92 Å². The molecule has 2 rings (SSSR count). The highest BCUT2D eigenvalue weighted by atomic mass is 32.2. The van der Waals surface area contributed by atoms with Crippen molar-refractivity contribution >= 4 is 10.0 Å². The molecular formula is C14H25N3O3S. The van der Waals surface area contributed by atoms with Crippen molar-refractivity contribution in [2.75, 3.05) is 32.1 Å². The molecule has 0 amide bonds. The molecule has 0 aliphatic carbocycles. The number of nitrogens with zero attached hydrogens (tertiary/aromatic N) is 3. The van der Waals surface area contributed by atoms with Gasteiger partial charge in [-0.25, -0.2) is 17.7 Å². The van der Waals surface area contributed by atoms with Gasteiger partial charge in [0.25, 0.3) is 0 Å². The third kappa shape index (κ3) is 4.52. The number of hydrogen-bond acceptors (Lipinski definition) is 4. The highest BCUT2D eigenvalue weighted by molar-refractivity contribution is 7.89. The van der Waals surface area contributed by atoms with Gasteiger partial charge < -0.3 is 9.30 Å². The second kappa shape index (κ2) is 7.38. The Hall–Kier alpha value is -0.920. The molecule has 6 nitrogen and oxygen atoms in total. The highest BCUT2D eigenvalue weighted by Crippen LogP contribution is 2.24. The smallest absolute Gasteiger partial charge is 0.214 e. The zero-order valence-electron chi connectivity index (χ0n) is 12.8. The van der Waals surface area contributed by atoms with Gasteiger partial charge in [0.05, 0.1) is 18.7 Å². The molecule has 0 bridgehead atoms. The molecule has 1 aliphatic heterocycles. The van der Waals surface area contributed by atoms with E-state index < -0.39 is 10.0 Å². The molecule has 0 radical (unpaired) electrons. The summed E-state index contributed by atoms with van der Waals surface area (Å²) >= 11 is 0. The Morgan fingerprint density at radius 3 is 2.67 bits per heavy atom. The molecule has 0 spiro atoms. The maximum atomic E-state index is 12.4. The molecule has 120 valence electrons. The maximum Gasteiger partial charge on any atom is 0.214 e. The summed E-state index contributed by atoms with van der Waals surface area (Å²) in [6.07, 6.45) is 7.20. The molecule has 1 saturated heterocycles. The van der Waals surface area contributed by atoms with Crippen molar-refractivity contribution in [1.29, 1.82) is 0 Å². The number of piperidine rings is 1. The van der Waals surface area contributed by atoms with E-state index in [0.717, 1.165) is 12.8 Å². The van der Waals surface area contributed by atoms with Crippen LogP contribution in [0.5, 0.6) is 0 Å². The lowest BCUT2D eigenvalue weighted by Crippen LogP contribution is -2.41. The van der Waals surface area contributed by atoms with E-state index in [0.29, 0.717) is 32.3 Å². The predicted octanol–water partition coefficient (Wildman–Crippen LogP) is 1.52. The second-order valence-electron chi connectivity index (χ2n) is 5.68. The third-order valence-corrected chi connectivity index (χ3v) is 6.01. The first-order valence-corrected chi connectivity index (χ1v) is 9.17. The Bertz CT molecular complexity index is 508. The average Bonchev–Trinajstić information content (AvgIpc) is 2.99. The molecule has 1 aliphatic rings. The van der Waals surface area contributed by atoms with Crippen molar-refractivity contribution in [3.63, 3.8) is 0 Å². The third-order valence-electron chi connectivity index (χ3n) is 3.86. The Labute approximate surface area is 127 Å².